The van der Waals surface area contributed by atoms with Crippen molar-refractivity contribution < 1.29 is 19.2 Å². The Balaban J connectivity index is 5.20. The fourth-order valence-corrected chi connectivity index (χ4v) is 3.72. The zero-order chi connectivity index (χ0) is 24.7. The van der Waals surface area contributed by atoms with Crippen molar-refractivity contribution in [1.29, 1.82) is 0 Å². The molecule has 0 spiro atoms. The largest absolute Gasteiger partial charge is 0.370 e. The first kappa shape index (κ1) is 30.0. The zero-order valence-corrected chi connectivity index (χ0v) is 20.8. The smallest absolute Gasteiger partial charge is 0.243 e. The normalized spacial score (nSPS) is 14.1. The predicted octanol–water partition coefficient (Wildman–Crippen LogP) is 0.957. The van der Waals surface area contributed by atoms with Crippen LogP contribution in [0, 0.1) is 5.92 Å². The van der Waals surface area contributed by atoms with Crippen LogP contribution in [-0.4, -0.2) is 73.2 Å². The molecule has 9 nitrogen and oxygen atoms in total. The number of primary amides is 1. The molecule has 0 radical (unpaired) electrons. The van der Waals surface area contributed by atoms with E-state index in [1.165, 1.54) is 6.92 Å². The fraction of sp³-hybridized carbons (Fsp3) is 0.826. The van der Waals surface area contributed by atoms with Gasteiger partial charge in [-0.05, 0) is 71.6 Å². The highest BCUT2D eigenvalue weighted by molar-refractivity contribution is 5.94. The van der Waals surface area contributed by atoms with E-state index in [1.54, 1.807) is 7.05 Å². The number of ketones is 1. The Morgan fingerprint density at radius 2 is 1.44 bits per heavy atom. The lowest BCUT2D eigenvalue weighted by atomic mass is 10.0. The summed E-state index contributed by atoms with van der Waals surface area (Å²) in [6.45, 7) is 12.5. The number of nitrogens with two attached hydrogens (primary N) is 1. The first-order valence-corrected chi connectivity index (χ1v) is 11.9. The molecule has 0 aliphatic rings. The third kappa shape index (κ3) is 12.1. The quantitative estimate of drug-likeness (QED) is 0.228. The number of nitrogens with zero attached hydrogens (tertiary/aromatic N) is 1. The minimum Gasteiger partial charge on any atom is -0.370 e. The lowest BCUT2D eigenvalue weighted by molar-refractivity contribution is -0.133. The summed E-state index contributed by atoms with van der Waals surface area (Å²) in [7, 11) is 1.70. The van der Waals surface area contributed by atoms with E-state index in [0.29, 0.717) is 6.42 Å². The third-order valence-electron chi connectivity index (χ3n) is 5.40. The van der Waals surface area contributed by atoms with E-state index in [4.69, 9.17) is 5.73 Å². The van der Waals surface area contributed by atoms with Crippen LogP contribution in [-0.2, 0) is 19.2 Å². The van der Waals surface area contributed by atoms with Gasteiger partial charge in [-0.3, -0.25) is 19.2 Å². The first-order chi connectivity index (χ1) is 15.1. The zero-order valence-electron chi connectivity index (χ0n) is 20.8. The number of carbonyl (C=O) groups excluding carboxylic acids is 4. The van der Waals surface area contributed by atoms with Crippen LogP contribution in [0.5, 0.6) is 0 Å². The van der Waals surface area contributed by atoms with Gasteiger partial charge in [0.2, 0.25) is 17.7 Å². The number of hydrogen-bond donors (Lipinski definition) is 4. The van der Waals surface area contributed by atoms with Crippen LogP contribution in [0.4, 0.5) is 0 Å². The lowest BCUT2D eigenvalue weighted by Gasteiger charge is -2.26. The summed E-state index contributed by atoms with van der Waals surface area (Å²) < 4.78 is 0. The fourth-order valence-electron chi connectivity index (χ4n) is 3.72. The van der Waals surface area contributed by atoms with Gasteiger partial charge in [-0.15, -0.1) is 0 Å². The second-order valence-corrected chi connectivity index (χ2v) is 8.75. The Morgan fingerprint density at radius 1 is 0.875 bits per heavy atom. The predicted molar refractivity (Wildman–Crippen MR) is 127 cm³/mol. The van der Waals surface area contributed by atoms with E-state index >= 15 is 0 Å². The highest BCUT2D eigenvalue weighted by Gasteiger charge is 2.29. The summed E-state index contributed by atoms with van der Waals surface area (Å²) in [6.07, 6.45) is 4.00. The van der Waals surface area contributed by atoms with E-state index < -0.39 is 29.9 Å². The Labute approximate surface area is 193 Å². The van der Waals surface area contributed by atoms with E-state index in [1.807, 2.05) is 13.8 Å². The molecule has 0 bridgehead atoms. The molecule has 0 aromatic carbocycles. The van der Waals surface area contributed by atoms with Crippen LogP contribution in [0.25, 0.3) is 0 Å². The van der Waals surface area contributed by atoms with Crippen LogP contribution in [0.3, 0.4) is 0 Å². The van der Waals surface area contributed by atoms with Crippen molar-refractivity contribution in [3.8, 4) is 0 Å². The summed E-state index contributed by atoms with van der Waals surface area (Å²) in [4.78, 5) is 51.2. The maximum atomic E-state index is 12.9. The van der Waals surface area contributed by atoms with Gasteiger partial charge in [-0.1, -0.05) is 27.7 Å². The molecule has 32 heavy (non-hydrogen) atoms. The Kier molecular flexibility index (Phi) is 15.6. The number of nitrogens with one attached hydrogen (secondary N) is 3. The highest BCUT2D eigenvalue weighted by Crippen LogP contribution is 2.08. The summed E-state index contributed by atoms with van der Waals surface area (Å²) in [5, 5.41) is 8.40. The summed E-state index contributed by atoms with van der Waals surface area (Å²) >= 11 is 0. The Hall–Kier alpha value is -2.00. The molecule has 3 amide bonds. The van der Waals surface area contributed by atoms with Gasteiger partial charge in [0.25, 0.3) is 0 Å². The molecule has 0 saturated carbocycles. The average molecular weight is 456 g/mol. The molecule has 0 aliphatic heterocycles. The number of unbranched alkanes of at least 4 members (excludes halogenated alkanes) is 1. The maximum absolute atomic E-state index is 12.9. The van der Waals surface area contributed by atoms with Gasteiger partial charge in [-0.25, -0.2) is 0 Å². The number of carbonyl (C=O) groups is 4. The molecule has 0 fully saturated rings. The molecule has 0 unspecified atom stereocenters. The highest BCUT2D eigenvalue weighted by atomic mass is 16.2. The standard InChI is InChI=1S/C23H45N5O4/c1-7-12-28(13-8-2)14-10-9-11-18(26-23(32)21(25-6)16(3)4)22(31)27-19(17(5)29)15-20(24)30/h16,18-19,21,25H,7-15H2,1-6H3,(H2,24,30)(H,26,32)(H,27,31)/t18-,19-,21-/m0/s1. The van der Waals surface area contributed by atoms with Crippen molar-refractivity contribution in [2.24, 2.45) is 11.7 Å². The molecular formula is C23H45N5O4. The molecule has 0 aromatic heterocycles. The molecule has 186 valence electrons. The van der Waals surface area contributed by atoms with Gasteiger partial charge in [0.15, 0.2) is 5.78 Å². The summed E-state index contributed by atoms with van der Waals surface area (Å²) in [5.74, 6) is -1.73. The van der Waals surface area contributed by atoms with Crippen LogP contribution in [0.15, 0.2) is 0 Å². The van der Waals surface area contributed by atoms with E-state index in [2.05, 4.69) is 34.7 Å². The molecule has 0 saturated heterocycles. The van der Waals surface area contributed by atoms with Crippen LogP contribution in [0.2, 0.25) is 0 Å². The molecule has 0 aliphatic carbocycles. The van der Waals surface area contributed by atoms with Gasteiger partial charge in [0.05, 0.1) is 18.5 Å². The summed E-state index contributed by atoms with van der Waals surface area (Å²) in [5.41, 5.74) is 5.21. The lowest BCUT2D eigenvalue weighted by Crippen LogP contribution is -2.56. The monoisotopic (exact) mass is 455 g/mol. The van der Waals surface area contributed by atoms with Crippen molar-refractivity contribution in [1.82, 2.24) is 20.9 Å². The van der Waals surface area contributed by atoms with Crippen LogP contribution >= 0.6 is 0 Å². The van der Waals surface area contributed by atoms with Gasteiger partial charge < -0.3 is 26.6 Å². The topological polar surface area (TPSA) is 134 Å². The van der Waals surface area contributed by atoms with E-state index in [-0.39, 0.29) is 24.0 Å². The average Bonchev–Trinajstić information content (AvgIpc) is 2.69. The molecule has 5 N–H and O–H groups in total. The number of amides is 3. The molecule has 3 atom stereocenters. The minimum atomic E-state index is -0.991. The first-order valence-electron chi connectivity index (χ1n) is 11.9. The SMILES string of the molecule is CCCN(CCC)CCCC[C@H](NC(=O)[C@@H](NC)C(C)C)C(=O)N[C@@H](CC(N)=O)C(C)=O. The second-order valence-electron chi connectivity index (χ2n) is 8.75. The number of Topliss-reactive ketones (excluding diaryl/α,β-unsaturated/α-hetero) is 1. The number of likely N-dealkylation sites (N-methyl/N-ethyl adjacent to an activating group) is 1. The van der Waals surface area contributed by atoms with E-state index in [0.717, 1.165) is 45.3 Å². The Morgan fingerprint density at radius 3 is 1.88 bits per heavy atom. The van der Waals surface area contributed by atoms with Crippen molar-refractivity contribution in [2.45, 2.75) is 91.3 Å². The number of rotatable bonds is 18. The third-order valence-corrected chi connectivity index (χ3v) is 5.40. The molecular weight excluding hydrogens is 410 g/mol. The number of hydrogen-bond acceptors (Lipinski definition) is 6. The second kappa shape index (κ2) is 16.6. The van der Waals surface area contributed by atoms with Crippen LogP contribution < -0.4 is 21.7 Å². The summed E-state index contributed by atoms with van der Waals surface area (Å²) in [6, 6.07) is -2.23. The molecule has 0 heterocycles. The van der Waals surface area contributed by atoms with Gasteiger partial charge >= 0.3 is 0 Å². The minimum absolute atomic E-state index is 0.0418. The van der Waals surface area contributed by atoms with Gasteiger partial charge in [-0.2, -0.15) is 0 Å². The van der Waals surface area contributed by atoms with Crippen molar-refractivity contribution in [2.75, 3.05) is 26.7 Å². The van der Waals surface area contributed by atoms with Gasteiger partial charge in [0, 0.05) is 0 Å². The van der Waals surface area contributed by atoms with Gasteiger partial charge in [0.1, 0.15) is 6.04 Å². The Bertz CT molecular complexity index is 591. The van der Waals surface area contributed by atoms with Crippen molar-refractivity contribution >= 4 is 23.5 Å². The molecule has 0 aromatic rings. The maximum Gasteiger partial charge on any atom is 0.243 e. The molecule has 9 heteroatoms. The molecule has 0 rings (SSSR count). The van der Waals surface area contributed by atoms with E-state index in [9.17, 15) is 19.2 Å². The van der Waals surface area contributed by atoms with Crippen molar-refractivity contribution in [3.05, 3.63) is 0 Å². The van der Waals surface area contributed by atoms with Crippen LogP contribution in [0.1, 0.15) is 73.1 Å². The van der Waals surface area contributed by atoms with Crippen molar-refractivity contribution in [3.63, 3.8) is 0 Å².